The molecule has 1 aliphatic rings. The molecule has 1 aliphatic heterocycles. The van der Waals surface area contributed by atoms with Crippen molar-refractivity contribution >= 4 is 39.3 Å². The third-order valence-electron chi connectivity index (χ3n) is 3.73. The lowest BCUT2D eigenvalue weighted by Gasteiger charge is -2.12. The number of carbonyl (C=O) groups is 1. The van der Waals surface area contributed by atoms with Crippen molar-refractivity contribution in [2.75, 3.05) is 11.6 Å². The first-order valence-corrected chi connectivity index (χ1v) is 8.62. The van der Waals surface area contributed by atoms with Crippen LogP contribution in [0.4, 0.5) is 5.69 Å². The van der Waals surface area contributed by atoms with Crippen LogP contribution in [-0.2, 0) is 4.79 Å². The molecule has 1 heterocycles. The van der Waals surface area contributed by atoms with E-state index in [4.69, 9.17) is 4.74 Å². The van der Waals surface area contributed by atoms with Gasteiger partial charge in [-0.05, 0) is 44.2 Å². The second-order valence-electron chi connectivity index (χ2n) is 5.47. The number of benzene rings is 2. The fraction of sp³-hybridized carbons (Fsp3) is 0.158. The summed E-state index contributed by atoms with van der Waals surface area (Å²) in [6.45, 7) is 4.04. The number of para-hydroxylation sites is 1. The molecule has 0 aliphatic carbocycles. The molecule has 0 unspecified atom stereocenters. The number of hydrogen-bond acceptors (Lipinski definition) is 4. The van der Waals surface area contributed by atoms with E-state index in [9.17, 15) is 9.90 Å². The Kier molecular flexibility index (Phi) is 4.90. The van der Waals surface area contributed by atoms with E-state index in [2.05, 4.69) is 21.0 Å². The Bertz CT molecular complexity index is 876. The van der Waals surface area contributed by atoms with Crippen LogP contribution < -0.4 is 9.75 Å². The molecule has 0 saturated carbocycles. The topological polar surface area (TPSA) is 62.1 Å². The number of hydrazone groups is 1. The third-order valence-corrected chi connectivity index (χ3v) is 4.19. The minimum Gasteiger partial charge on any atom is -0.504 e. The lowest BCUT2D eigenvalue weighted by Crippen LogP contribution is -2.21. The summed E-state index contributed by atoms with van der Waals surface area (Å²) in [6, 6.07) is 12.6. The van der Waals surface area contributed by atoms with Crippen molar-refractivity contribution in [2.24, 2.45) is 5.10 Å². The van der Waals surface area contributed by atoms with Gasteiger partial charge < -0.3 is 9.84 Å². The Morgan fingerprint density at radius 2 is 2.00 bits per heavy atom. The molecule has 0 bridgehead atoms. The van der Waals surface area contributed by atoms with Gasteiger partial charge in [0, 0.05) is 10.0 Å². The highest BCUT2D eigenvalue weighted by Gasteiger charge is 2.29. The maximum absolute atomic E-state index is 12.7. The molecule has 0 fully saturated rings. The van der Waals surface area contributed by atoms with Crippen LogP contribution in [0.15, 0.2) is 57.6 Å². The molecule has 6 heteroatoms. The summed E-state index contributed by atoms with van der Waals surface area (Å²) < 4.78 is 6.18. The number of rotatable bonds is 4. The molecule has 128 valence electrons. The van der Waals surface area contributed by atoms with Crippen LogP contribution in [0.3, 0.4) is 0 Å². The predicted octanol–water partition coefficient (Wildman–Crippen LogP) is 4.36. The highest BCUT2D eigenvalue weighted by Crippen LogP contribution is 2.36. The van der Waals surface area contributed by atoms with Gasteiger partial charge >= 0.3 is 0 Å². The first kappa shape index (κ1) is 17.2. The summed E-state index contributed by atoms with van der Waals surface area (Å²) in [5, 5.41) is 16.1. The molecular formula is C19H17BrN2O3. The maximum atomic E-state index is 12.7. The van der Waals surface area contributed by atoms with Gasteiger partial charge in [0.1, 0.15) is 0 Å². The minimum atomic E-state index is -0.235. The van der Waals surface area contributed by atoms with E-state index >= 15 is 0 Å². The van der Waals surface area contributed by atoms with Crippen molar-refractivity contribution in [1.29, 1.82) is 0 Å². The van der Waals surface area contributed by atoms with E-state index in [1.54, 1.807) is 25.1 Å². The summed E-state index contributed by atoms with van der Waals surface area (Å²) >= 11 is 3.40. The van der Waals surface area contributed by atoms with Crippen LogP contribution >= 0.6 is 15.9 Å². The number of carbonyl (C=O) groups excluding carboxylic acids is 1. The molecule has 2 aromatic carbocycles. The summed E-state index contributed by atoms with van der Waals surface area (Å²) in [7, 11) is 0. The van der Waals surface area contributed by atoms with E-state index < -0.39 is 0 Å². The molecule has 25 heavy (non-hydrogen) atoms. The van der Waals surface area contributed by atoms with Gasteiger partial charge in [-0.2, -0.15) is 10.1 Å². The van der Waals surface area contributed by atoms with Crippen LogP contribution in [-0.4, -0.2) is 23.3 Å². The first-order chi connectivity index (χ1) is 12.0. The van der Waals surface area contributed by atoms with E-state index in [-0.39, 0.29) is 11.7 Å². The number of phenolic OH excluding ortho intramolecular Hbond substituents is 1. The van der Waals surface area contributed by atoms with Crippen LogP contribution in [0.2, 0.25) is 0 Å². The Morgan fingerprint density at radius 1 is 1.28 bits per heavy atom. The van der Waals surface area contributed by atoms with Crippen LogP contribution in [0.1, 0.15) is 19.4 Å². The second-order valence-corrected chi connectivity index (χ2v) is 6.39. The second kappa shape index (κ2) is 7.11. The minimum absolute atomic E-state index is 0.00342. The number of ether oxygens (including phenoxy) is 1. The highest BCUT2D eigenvalue weighted by atomic mass is 79.9. The number of halogens is 1. The number of nitrogens with zero attached hydrogens (tertiary/aromatic N) is 2. The Balaban J connectivity index is 2.00. The number of anilines is 1. The lowest BCUT2D eigenvalue weighted by atomic mass is 10.1. The van der Waals surface area contributed by atoms with Crippen molar-refractivity contribution in [3.63, 3.8) is 0 Å². The fourth-order valence-electron chi connectivity index (χ4n) is 2.55. The number of amides is 1. The van der Waals surface area contributed by atoms with Gasteiger partial charge in [-0.1, -0.05) is 34.1 Å². The molecular weight excluding hydrogens is 384 g/mol. The summed E-state index contributed by atoms with van der Waals surface area (Å²) in [5.41, 5.74) is 2.21. The number of aromatic hydroxyl groups is 1. The van der Waals surface area contributed by atoms with Crippen molar-refractivity contribution in [2.45, 2.75) is 13.8 Å². The standard InChI is InChI=1S/C19H17BrN2O3/c1-3-25-17-11-14(20)9-13(18(17)23)10-16-12(2)21-22(19(16)24)15-7-5-4-6-8-15/h4-11,23H,3H2,1-2H3/b16-10-. The summed E-state index contributed by atoms with van der Waals surface area (Å²) in [4.78, 5) is 12.7. The molecule has 0 aromatic heterocycles. The van der Waals surface area contributed by atoms with Crippen LogP contribution in [0.5, 0.6) is 11.5 Å². The highest BCUT2D eigenvalue weighted by molar-refractivity contribution is 9.10. The van der Waals surface area contributed by atoms with Crippen molar-refractivity contribution in [1.82, 2.24) is 0 Å². The molecule has 5 nitrogen and oxygen atoms in total. The molecule has 0 saturated heterocycles. The van der Waals surface area contributed by atoms with Crippen molar-refractivity contribution in [3.05, 3.63) is 58.1 Å². The molecule has 0 spiro atoms. The average Bonchev–Trinajstić information content (AvgIpc) is 2.88. The smallest absolute Gasteiger partial charge is 0.280 e. The molecule has 0 radical (unpaired) electrons. The molecule has 1 amide bonds. The Hall–Kier alpha value is -2.60. The van der Waals surface area contributed by atoms with E-state index in [1.165, 1.54) is 5.01 Å². The summed E-state index contributed by atoms with van der Waals surface area (Å²) in [5.74, 6) is 0.126. The monoisotopic (exact) mass is 400 g/mol. The SMILES string of the molecule is CCOc1cc(Br)cc(/C=C2\C(=O)N(c3ccccc3)N=C2C)c1O. The third kappa shape index (κ3) is 3.44. The van der Waals surface area contributed by atoms with Crippen molar-refractivity contribution < 1.29 is 14.6 Å². The van der Waals surface area contributed by atoms with Gasteiger partial charge in [0.25, 0.3) is 5.91 Å². The van der Waals surface area contributed by atoms with Gasteiger partial charge in [-0.15, -0.1) is 0 Å². The number of phenols is 1. The molecule has 1 N–H and O–H groups in total. The lowest BCUT2D eigenvalue weighted by molar-refractivity contribution is -0.114. The number of hydrogen-bond donors (Lipinski definition) is 1. The van der Waals surface area contributed by atoms with Crippen molar-refractivity contribution in [3.8, 4) is 11.5 Å². The zero-order valence-electron chi connectivity index (χ0n) is 13.9. The van der Waals surface area contributed by atoms with E-state index in [1.807, 2.05) is 37.3 Å². The first-order valence-electron chi connectivity index (χ1n) is 7.83. The fourth-order valence-corrected chi connectivity index (χ4v) is 3.01. The largest absolute Gasteiger partial charge is 0.504 e. The molecule has 3 rings (SSSR count). The zero-order valence-corrected chi connectivity index (χ0v) is 15.4. The Labute approximate surface area is 154 Å². The zero-order chi connectivity index (χ0) is 18.0. The van der Waals surface area contributed by atoms with E-state index in [0.29, 0.717) is 34.9 Å². The predicted molar refractivity (Wildman–Crippen MR) is 102 cm³/mol. The van der Waals surface area contributed by atoms with Crippen LogP contribution in [0, 0.1) is 0 Å². The molecule has 0 atom stereocenters. The van der Waals surface area contributed by atoms with Gasteiger partial charge in [-0.25, -0.2) is 0 Å². The average molecular weight is 401 g/mol. The van der Waals surface area contributed by atoms with Gasteiger partial charge in [-0.3, -0.25) is 4.79 Å². The maximum Gasteiger partial charge on any atom is 0.280 e. The van der Waals surface area contributed by atoms with Gasteiger partial charge in [0.15, 0.2) is 11.5 Å². The van der Waals surface area contributed by atoms with E-state index in [0.717, 1.165) is 4.47 Å². The Morgan fingerprint density at radius 3 is 2.68 bits per heavy atom. The normalized spacial score (nSPS) is 15.6. The molecule has 2 aromatic rings. The summed E-state index contributed by atoms with van der Waals surface area (Å²) in [6.07, 6.45) is 1.63. The van der Waals surface area contributed by atoms with Gasteiger partial charge in [0.05, 0.1) is 23.6 Å². The van der Waals surface area contributed by atoms with Gasteiger partial charge in [0.2, 0.25) is 0 Å². The van der Waals surface area contributed by atoms with Crippen LogP contribution in [0.25, 0.3) is 6.08 Å². The quantitative estimate of drug-likeness (QED) is 0.775.